The van der Waals surface area contributed by atoms with E-state index in [0.29, 0.717) is 13.0 Å². The van der Waals surface area contributed by atoms with Crippen LogP contribution in [0.15, 0.2) is 0 Å². The molecule has 0 aliphatic rings. The average Bonchev–Trinajstić information content (AvgIpc) is 2.31. The Kier molecular flexibility index (Phi) is 7.83. The number of esters is 2. The summed E-state index contributed by atoms with van der Waals surface area (Å²) in [7, 11) is 2.59. The summed E-state index contributed by atoms with van der Waals surface area (Å²) in [4.78, 5) is 32.6. The van der Waals surface area contributed by atoms with Gasteiger partial charge in [0.05, 0.1) is 20.6 Å². The molecule has 0 aromatic heterocycles. The lowest BCUT2D eigenvalue weighted by Crippen LogP contribution is -2.25. The molecule has 1 amide bonds. The lowest BCUT2D eigenvalue weighted by Gasteiger charge is -2.03. The van der Waals surface area contributed by atoms with Crippen LogP contribution in [0.3, 0.4) is 0 Å². The summed E-state index contributed by atoms with van der Waals surface area (Å²) in [6.45, 7) is 0.398. The maximum absolute atomic E-state index is 11.1. The van der Waals surface area contributed by atoms with E-state index in [1.165, 1.54) is 14.2 Å². The molecule has 6 heteroatoms. The topological polar surface area (TPSA) is 81.7 Å². The third-order valence-electron chi connectivity index (χ3n) is 1.89. The van der Waals surface area contributed by atoms with E-state index in [1.54, 1.807) is 0 Å². The summed E-state index contributed by atoms with van der Waals surface area (Å²) in [6.07, 6.45) is 0.967. The van der Waals surface area contributed by atoms with E-state index in [0.717, 1.165) is 0 Å². The molecule has 0 heterocycles. The molecule has 0 saturated heterocycles. The van der Waals surface area contributed by atoms with Gasteiger partial charge in [-0.25, -0.2) is 0 Å². The molecule has 0 unspecified atom stereocenters. The molecule has 6 nitrogen and oxygen atoms in total. The molecule has 1 N–H and O–H groups in total. The molecule has 0 aliphatic heterocycles. The molecule has 16 heavy (non-hydrogen) atoms. The van der Waals surface area contributed by atoms with Crippen molar-refractivity contribution in [1.82, 2.24) is 5.32 Å². The van der Waals surface area contributed by atoms with Gasteiger partial charge in [-0.05, 0) is 6.42 Å². The zero-order valence-corrected chi connectivity index (χ0v) is 9.58. The SMILES string of the molecule is COC(=O)CCCNC(=O)CCC(=O)OC. The van der Waals surface area contributed by atoms with E-state index in [2.05, 4.69) is 14.8 Å². The van der Waals surface area contributed by atoms with Crippen molar-refractivity contribution in [2.75, 3.05) is 20.8 Å². The second-order valence-corrected chi connectivity index (χ2v) is 3.11. The molecule has 92 valence electrons. The molecule has 0 aromatic rings. The highest BCUT2D eigenvalue weighted by Crippen LogP contribution is 1.93. The normalized spacial score (nSPS) is 9.38. The van der Waals surface area contributed by atoms with Gasteiger partial charge in [0.2, 0.25) is 5.91 Å². The molecule has 0 fully saturated rings. The number of carbonyl (C=O) groups is 3. The van der Waals surface area contributed by atoms with Crippen LogP contribution in [0.5, 0.6) is 0 Å². The van der Waals surface area contributed by atoms with Gasteiger partial charge in [0, 0.05) is 19.4 Å². The van der Waals surface area contributed by atoms with Crippen molar-refractivity contribution < 1.29 is 23.9 Å². The highest BCUT2D eigenvalue weighted by atomic mass is 16.5. The molecule has 0 saturated carbocycles. The zero-order chi connectivity index (χ0) is 12.4. The van der Waals surface area contributed by atoms with Crippen molar-refractivity contribution in [3.05, 3.63) is 0 Å². The predicted octanol–water partition coefficient (Wildman–Crippen LogP) is 0.00900. The summed E-state index contributed by atoms with van der Waals surface area (Å²) < 4.78 is 8.83. The zero-order valence-electron chi connectivity index (χ0n) is 9.58. The number of amides is 1. The standard InChI is InChI=1S/C10H17NO5/c1-15-9(13)4-3-7-11-8(12)5-6-10(14)16-2/h3-7H2,1-2H3,(H,11,12). The monoisotopic (exact) mass is 231 g/mol. The first-order chi connectivity index (χ1) is 7.60. The molecular weight excluding hydrogens is 214 g/mol. The van der Waals surface area contributed by atoms with Crippen molar-refractivity contribution in [1.29, 1.82) is 0 Å². The minimum absolute atomic E-state index is 0.0688. The van der Waals surface area contributed by atoms with Gasteiger partial charge < -0.3 is 14.8 Å². The van der Waals surface area contributed by atoms with Crippen molar-refractivity contribution >= 4 is 17.8 Å². The van der Waals surface area contributed by atoms with Crippen molar-refractivity contribution in [2.45, 2.75) is 25.7 Å². The van der Waals surface area contributed by atoms with Gasteiger partial charge in [0.25, 0.3) is 0 Å². The molecular formula is C10H17NO5. The van der Waals surface area contributed by atoms with Crippen LogP contribution < -0.4 is 5.32 Å². The fraction of sp³-hybridized carbons (Fsp3) is 0.700. The van der Waals surface area contributed by atoms with Crippen LogP contribution >= 0.6 is 0 Å². The van der Waals surface area contributed by atoms with Gasteiger partial charge in [-0.1, -0.05) is 0 Å². The Hall–Kier alpha value is -1.59. The maximum atomic E-state index is 11.1. The third kappa shape index (κ3) is 7.78. The molecule has 0 aromatic carbocycles. The second-order valence-electron chi connectivity index (χ2n) is 3.11. The minimum atomic E-state index is -0.412. The predicted molar refractivity (Wildman–Crippen MR) is 55.5 cm³/mol. The van der Waals surface area contributed by atoms with Crippen LogP contribution in [0.4, 0.5) is 0 Å². The maximum Gasteiger partial charge on any atom is 0.306 e. The molecule has 0 aliphatic carbocycles. The Morgan fingerprint density at radius 3 is 2.06 bits per heavy atom. The molecule has 0 bridgehead atoms. The number of hydrogen-bond donors (Lipinski definition) is 1. The lowest BCUT2D eigenvalue weighted by molar-refractivity contribution is -0.142. The van der Waals surface area contributed by atoms with Crippen LogP contribution in [0.2, 0.25) is 0 Å². The van der Waals surface area contributed by atoms with E-state index in [9.17, 15) is 14.4 Å². The Bertz CT molecular complexity index is 252. The van der Waals surface area contributed by atoms with Crippen LogP contribution in [-0.4, -0.2) is 38.6 Å². The minimum Gasteiger partial charge on any atom is -0.469 e. The molecule has 0 radical (unpaired) electrons. The average molecular weight is 231 g/mol. The highest BCUT2D eigenvalue weighted by Gasteiger charge is 2.06. The highest BCUT2D eigenvalue weighted by molar-refractivity contribution is 5.81. The molecule has 0 rings (SSSR count). The first-order valence-electron chi connectivity index (χ1n) is 5.00. The summed E-state index contributed by atoms with van der Waals surface area (Å²) in [5.41, 5.74) is 0. The Labute approximate surface area is 94.3 Å². The van der Waals surface area contributed by atoms with E-state index < -0.39 is 5.97 Å². The second kappa shape index (κ2) is 8.70. The number of carbonyl (C=O) groups excluding carboxylic acids is 3. The van der Waals surface area contributed by atoms with Crippen molar-refractivity contribution in [2.24, 2.45) is 0 Å². The number of methoxy groups -OCH3 is 2. The number of rotatable bonds is 7. The van der Waals surface area contributed by atoms with Crippen LogP contribution in [-0.2, 0) is 23.9 Å². The van der Waals surface area contributed by atoms with Gasteiger partial charge in [0.15, 0.2) is 0 Å². The smallest absolute Gasteiger partial charge is 0.306 e. The first-order valence-corrected chi connectivity index (χ1v) is 5.00. The van der Waals surface area contributed by atoms with Crippen molar-refractivity contribution in [3.63, 3.8) is 0 Å². The van der Waals surface area contributed by atoms with E-state index in [1.807, 2.05) is 0 Å². The largest absolute Gasteiger partial charge is 0.469 e. The summed E-state index contributed by atoms with van der Waals surface area (Å²) >= 11 is 0. The molecule has 0 spiro atoms. The summed E-state index contributed by atoms with van der Waals surface area (Å²) in [6, 6.07) is 0. The fourth-order valence-corrected chi connectivity index (χ4v) is 0.969. The first kappa shape index (κ1) is 14.4. The van der Waals surface area contributed by atoms with Gasteiger partial charge in [-0.3, -0.25) is 14.4 Å². The van der Waals surface area contributed by atoms with Gasteiger partial charge in [0.1, 0.15) is 0 Å². The Balaban J connectivity index is 3.44. The van der Waals surface area contributed by atoms with Gasteiger partial charge in [-0.15, -0.1) is 0 Å². The van der Waals surface area contributed by atoms with E-state index in [-0.39, 0.29) is 31.1 Å². The third-order valence-corrected chi connectivity index (χ3v) is 1.89. The van der Waals surface area contributed by atoms with E-state index >= 15 is 0 Å². The van der Waals surface area contributed by atoms with Crippen LogP contribution in [0.25, 0.3) is 0 Å². The summed E-state index contributed by atoms with van der Waals surface area (Å²) in [5, 5.41) is 2.59. The number of ether oxygens (including phenoxy) is 2. The van der Waals surface area contributed by atoms with E-state index in [4.69, 9.17) is 0 Å². The number of nitrogens with one attached hydrogen (secondary N) is 1. The summed E-state index contributed by atoms with van der Waals surface area (Å²) in [5.74, 6) is -0.941. The Morgan fingerprint density at radius 1 is 0.938 bits per heavy atom. The lowest BCUT2D eigenvalue weighted by atomic mass is 10.2. The van der Waals surface area contributed by atoms with Gasteiger partial charge >= 0.3 is 11.9 Å². The van der Waals surface area contributed by atoms with Gasteiger partial charge in [-0.2, -0.15) is 0 Å². The number of hydrogen-bond acceptors (Lipinski definition) is 5. The quantitative estimate of drug-likeness (QED) is 0.493. The Morgan fingerprint density at radius 2 is 1.50 bits per heavy atom. The molecule has 0 atom stereocenters. The van der Waals surface area contributed by atoms with Crippen molar-refractivity contribution in [3.8, 4) is 0 Å². The van der Waals surface area contributed by atoms with Crippen LogP contribution in [0, 0.1) is 0 Å². The van der Waals surface area contributed by atoms with Crippen LogP contribution in [0.1, 0.15) is 25.7 Å². The fourth-order valence-electron chi connectivity index (χ4n) is 0.969.